The molecule has 1 aromatic heterocycles. The van der Waals surface area contributed by atoms with Gasteiger partial charge < -0.3 is 10.2 Å². The largest absolute Gasteiger partial charge is 0.354 e. The number of aromatic nitrogens is 3. The number of nitrogens with zero attached hydrogens (tertiary/aromatic N) is 4. The van der Waals surface area contributed by atoms with Crippen LogP contribution in [0.15, 0.2) is 5.16 Å². The van der Waals surface area contributed by atoms with Gasteiger partial charge in [-0.25, -0.2) is 0 Å². The lowest BCUT2D eigenvalue weighted by Gasteiger charge is -2.14. The number of nitrogens with one attached hydrogen (secondary N) is 1. The van der Waals surface area contributed by atoms with Crippen molar-refractivity contribution >= 4 is 23.7 Å². The molecule has 0 aliphatic heterocycles. The first-order valence-corrected chi connectivity index (χ1v) is 8.47. The van der Waals surface area contributed by atoms with Gasteiger partial charge in [0.2, 0.25) is 11.9 Å². The second-order valence-corrected chi connectivity index (χ2v) is 6.51. The maximum atomic E-state index is 4.53. The molecular weight excluding hydrogens is 270 g/mol. The Balaban J connectivity index is 2.02. The molecule has 20 heavy (non-hydrogen) atoms. The molecule has 1 fully saturated rings. The van der Waals surface area contributed by atoms with Crippen molar-refractivity contribution in [2.24, 2.45) is 5.92 Å². The molecule has 1 aromatic rings. The predicted molar refractivity (Wildman–Crippen MR) is 85.6 cm³/mol. The predicted octanol–water partition coefficient (Wildman–Crippen LogP) is 3.04. The number of rotatable bonds is 7. The average Bonchev–Trinajstić information content (AvgIpc) is 2.96. The molecule has 0 saturated heterocycles. The van der Waals surface area contributed by atoms with Crippen LogP contribution in [0, 0.1) is 5.92 Å². The zero-order chi connectivity index (χ0) is 14.4. The highest BCUT2D eigenvalue weighted by atomic mass is 32.2. The molecular formula is C14H25N5S. The highest BCUT2D eigenvalue weighted by molar-refractivity contribution is 7.99. The Hall–Kier alpha value is -1.04. The molecule has 6 heteroatoms. The lowest BCUT2D eigenvalue weighted by molar-refractivity contribution is 0.622. The van der Waals surface area contributed by atoms with Gasteiger partial charge in [-0.15, -0.1) is 0 Å². The summed E-state index contributed by atoms with van der Waals surface area (Å²) in [6.07, 6.45) is 6.55. The molecule has 1 N–H and O–H groups in total. The summed E-state index contributed by atoms with van der Waals surface area (Å²) in [6, 6.07) is 0. The fourth-order valence-corrected chi connectivity index (χ4v) is 3.31. The molecule has 1 heterocycles. The van der Waals surface area contributed by atoms with E-state index >= 15 is 0 Å². The van der Waals surface area contributed by atoms with E-state index in [1.807, 2.05) is 19.0 Å². The lowest BCUT2D eigenvalue weighted by atomic mass is 10.1. The quantitative estimate of drug-likeness (QED) is 0.780. The number of anilines is 2. The van der Waals surface area contributed by atoms with Crippen LogP contribution in [-0.2, 0) is 0 Å². The van der Waals surface area contributed by atoms with Crippen LogP contribution in [0.3, 0.4) is 0 Å². The van der Waals surface area contributed by atoms with Crippen LogP contribution in [0.2, 0.25) is 0 Å². The minimum atomic E-state index is 0.694. The SMILES string of the molecule is CCCNc1nc(SCC2CCCC2)nc(N(C)C)n1. The molecule has 0 aromatic carbocycles. The van der Waals surface area contributed by atoms with Gasteiger partial charge in [-0.05, 0) is 25.2 Å². The summed E-state index contributed by atoms with van der Waals surface area (Å²) < 4.78 is 0. The normalized spacial score (nSPS) is 15.6. The van der Waals surface area contributed by atoms with Crippen LogP contribution in [-0.4, -0.2) is 41.3 Å². The Bertz CT molecular complexity index is 418. The molecule has 0 atom stereocenters. The number of thioether (sulfide) groups is 1. The Kier molecular flexibility index (Phi) is 5.88. The van der Waals surface area contributed by atoms with Gasteiger partial charge in [-0.1, -0.05) is 31.5 Å². The summed E-state index contributed by atoms with van der Waals surface area (Å²) in [4.78, 5) is 15.4. The molecule has 1 aliphatic rings. The summed E-state index contributed by atoms with van der Waals surface area (Å²) in [7, 11) is 3.93. The first-order chi connectivity index (χ1) is 9.69. The van der Waals surface area contributed by atoms with Gasteiger partial charge in [0.05, 0.1) is 0 Å². The van der Waals surface area contributed by atoms with Gasteiger partial charge in [-0.2, -0.15) is 15.0 Å². The van der Waals surface area contributed by atoms with Gasteiger partial charge in [0.25, 0.3) is 0 Å². The van der Waals surface area contributed by atoms with Crippen molar-refractivity contribution in [2.45, 2.75) is 44.2 Å². The van der Waals surface area contributed by atoms with E-state index in [0.717, 1.165) is 35.7 Å². The standard InChI is InChI=1S/C14H25N5S/c1-4-9-15-12-16-13(19(2)3)18-14(17-12)20-10-11-7-5-6-8-11/h11H,4-10H2,1-3H3,(H,15,16,17,18). The number of hydrogen-bond acceptors (Lipinski definition) is 6. The van der Waals surface area contributed by atoms with E-state index in [2.05, 4.69) is 27.2 Å². The highest BCUT2D eigenvalue weighted by Gasteiger charge is 2.16. The molecule has 1 aliphatic carbocycles. The first-order valence-electron chi connectivity index (χ1n) is 7.49. The van der Waals surface area contributed by atoms with Crippen LogP contribution < -0.4 is 10.2 Å². The van der Waals surface area contributed by atoms with Crippen LogP contribution in [0.1, 0.15) is 39.0 Å². The third kappa shape index (κ3) is 4.51. The molecule has 0 amide bonds. The fourth-order valence-electron chi connectivity index (χ4n) is 2.30. The summed E-state index contributed by atoms with van der Waals surface area (Å²) >= 11 is 1.77. The van der Waals surface area contributed by atoms with Crippen LogP contribution in [0.4, 0.5) is 11.9 Å². The van der Waals surface area contributed by atoms with Gasteiger partial charge in [0.1, 0.15) is 0 Å². The van der Waals surface area contributed by atoms with Crippen LogP contribution in [0.5, 0.6) is 0 Å². The van der Waals surface area contributed by atoms with Crippen molar-refractivity contribution in [1.29, 1.82) is 0 Å². The maximum Gasteiger partial charge on any atom is 0.230 e. The topological polar surface area (TPSA) is 53.9 Å². The second kappa shape index (κ2) is 7.67. The Morgan fingerprint density at radius 3 is 2.60 bits per heavy atom. The zero-order valence-electron chi connectivity index (χ0n) is 12.7. The van der Waals surface area contributed by atoms with E-state index in [1.54, 1.807) is 11.8 Å². The second-order valence-electron chi connectivity index (χ2n) is 5.52. The molecule has 5 nitrogen and oxygen atoms in total. The summed E-state index contributed by atoms with van der Waals surface area (Å²) in [5.41, 5.74) is 0. The third-order valence-electron chi connectivity index (χ3n) is 3.46. The highest BCUT2D eigenvalue weighted by Crippen LogP contribution is 2.30. The van der Waals surface area contributed by atoms with Crippen molar-refractivity contribution in [2.75, 3.05) is 36.6 Å². The van der Waals surface area contributed by atoms with Gasteiger partial charge >= 0.3 is 0 Å². The summed E-state index contributed by atoms with van der Waals surface area (Å²) in [5, 5.41) is 4.10. The van der Waals surface area contributed by atoms with Crippen LogP contribution >= 0.6 is 11.8 Å². The smallest absolute Gasteiger partial charge is 0.230 e. The molecule has 2 rings (SSSR count). The molecule has 112 valence electrons. The third-order valence-corrected chi connectivity index (χ3v) is 4.54. The van der Waals surface area contributed by atoms with Crippen LogP contribution in [0.25, 0.3) is 0 Å². The van der Waals surface area contributed by atoms with Gasteiger partial charge in [-0.3, -0.25) is 0 Å². The van der Waals surface area contributed by atoms with Crippen molar-refractivity contribution in [1.82, 2.24) is 15.0 Å². The lowest BCUT2D eigenvalue weighted by Crippen LogP contribution is -2.16. The van der Waals surface area contributed by atoms with Gasteiger partial charge in [0, 0.05) is 26.4 Å². The van der Waals surface area contributed by atoms with E-state index in [0.29, 0.717) is 5.95 Å². The first kappa shape index (κ1) is 15.4. The Morgan fingerprint density at radius 1 is 1.20 bits per heavy atom. The average molecular weight is 295 g/mol. The maximum absolute atomic E-state index is 4.53. The fraction of sp³-hybridized carbons (Fsp3) is 0.786. The van der Waals surface area contributed by atoms with E-state index < -0.39 is 0 Å². The number of hydrogen-bond donors (Lipinski definition) is 1. The minimum Gasteiger partial charge on any atom is -0.354 e. The molecule has 0 bridgehead atoms. The molecule has 1 saturated carbocycles. The Morgan fingerprint density at radius 2 is 1.95 bits per heavy atom. The molecule has 0 spiro atoms. The van der Waals surface area contributed by atoms with Gasteiger partial charge in [0.15, 0.2) is 5.16 Å². The van der Waals surface area contributed by atoms with Crippen molar-refractivity contribution in [3.63, 3.8) is 0 Å². The van der Waals surface area contributed by atoms with E-state index in [4.69, 9.17) is 0 Å². The van der Waals surface area contributed by atoms with Crippen molar-refractivity contribution in [3.05, 3.63) is 0 Å². The molecule has 0 unspecified atom stereocenters. The van der Waals surface area contributed by atoms with Crippen molar-refractivity contribution in [3.8, 4) is 0 Å². The monoisotopic (exact) mass is 295 g/mol. The Labute approximate surface area is 126 Å². The minimum absolute atomic E-state index is 0.694. The van der Waals surface area contributed by atoms with E-state index in [1.165, 1.54) is 25.7 Å². The summed E-state index contributed by atoms with van der Waals surface area (Å²) in [6.45, 7) is 3.03. The van der Waals surface area contributed by atoms with Crippen molar-refractivity contribution < 1.29 is 0 Å². The molecule has 0 radical (unpaired) electrons. The zero-order valence-corrected chi connectivity index (χ0v) is 13.5. The summed E-state index contributed by atoms with van der Waals surface area (Å²) in [5.74, 6) is 3.39. The van der Waals surface area contributed by atoms with E-state index in [9.17, 15) is 0 Å². The van der Waals surface area contributed by atoms with E-state index in [-0.39, 0.29) is 0 Å².